The molecule has 0 spiro atoms. The van der Waals surface area contributed by atoms with Gasteiger partial charge < -0.3 is 23.8 Å². The van der Waals surface area contributed by atoms with Crippen LogP contribution in [0.1, 0.15) is 99.3 Å². The highest BCUT2D eigenvalue weighted by molar-refractivity contribution is 7.91. The van der Waals surface area contributed by atoms with E-state index >= 15 is 0 Å². The molecule has 0 radical (unpaired) electrons. The summed E-state index contributed by atoms with van der Waals surface area (Å²) in [4.78, 5) is 63.0. The van der Waals surface area contributed by atoms with Gasteiger partial charge in [0.05, 0.1) is 35.1 Å². The van der Waals surface area contributed by atoms with Crippen molar-refractivity contribution in [1.82, 2.24) is 14.6 Å². The van der Waals surface area contributed by atoms with Gasteiger partial charge in [0.25, 0.3) is 0 Å². The van der Waals surface area contributed by atoms with E-state index < -0.39 is 55.7 Å². The van der Waals surface area contributed by atoms with E-state index in [0.29, 0.717) is 61.7 Å². The summed E-state index contributed by atoms with van der Waals surface area (Å²) in [7, 11) is -3.96. The van der Waals surface area contributed by atoms with Gasteiger partial charge in [0.2, 0.25) is 27.7 Å². The minimum absolute atomic E-state index is 0.0419. The SMILES string of the molecule is C[C@@H]1CC/C=C\[C@@H]2C[C@@]2(C(=O)NS(=O)(=O)C2(C)CC2)CC(=O)[C@@H]2C[C@@H](Oc3nccc4c5c(ccc34)OCCO5)CN2C(=O)[C@@H](CC(=O)OC(C)(C)C)[C@H](C)C1. The van der Waals surface area contributed by atoms with E-state index in [2.05, 4.69) is 16.6 Å². The van der Waals surface area contributed by atoms with Crippen LogP contribution in [0.3, 0.4) is 0 Å². The molecule has 1 N–H and O–H groups in total. The third-order valence-electron chi connectivity index (χ3n) is 12.3. The number of ketones is 1. The van der Waals surface area contributed by atoms with Crippen LogP contribution in [0.15, 0.2) is 36.5 Å². The number of pyridine rings is 1. The Morgan fingerprint density at radius 2 is 1.80 bits per heavy atom. The number of nitrogens with zero attached hydrogens (tertiary/aromatic N) is 2. The van der Waals surface area contributed by atoms with Gasteiger partial charge in [0.1, 0.15) is 24.9 Å². The number of rotatable bonds is 7. The molecule has 2 saturated carbocycles. The van der Waals surface area contributed by atoms with Crippen LogP contribution in [0.2, 0.25) is 0 Å². The number of ether oxygens (including phenoxy) is 4. The number of Topliss-reactive ketones (excluding diaryl/α,β-unsaturated/α-hetero) is 1. The second-order valence-electron chi connectivity index (χ2n) is 18.0. The Morgan fingerprint density at radius 3 is 2.54 bits per heavy atom. The smallest absolute Gasteiger partial charge is 0.307 e. The van der Waals surface area contributed by atoms with Crippen LogP contribution >= 0.6 is 0 Å². The molecule has 1 aromatic carbocycles. The van der Waals surface area contributed by atoms with E-state index in [1.807, 2.05) is 31.2 Å². The van der Waals surface area contributed by atoms with Crippen LogP contribution in [-0.4, -0.2) is 84.1 Å². The van der Waals surface area contributed by atoms with Crippen molar-refractivity contribution in [2.24, 2.45) is 29.1 Å². The van der Waals surface area contributed by atoms with E-state index in [1.165, 1.54) is 4.90 Å². The number of nitrogens with one attached hydrogen (secondary N) is 1. The predicted molar refractivity (Wildman–Crippen MR) is 207 cm³/mol. The van der Waals surface area contributed by atoms with Gasteiger partial charge in [-0.3, -0.25) is 23.9 Å². The summed E-state index contributed by atoms with van der Waals surface area (Å²) in [5.74, 6) is -1.50. The van der Waals surface area contributed by atoms with Crippen LogP contribution in [0.25, 0.3) is 10.8 Å². The molecule has 304 valence electrons. The van der Waals surface area contributed by atoms with Crippen molar-refractivity contribution >= 4 is 44.4 Å². The fraction of sp³-hybridized carbons (Fsp3) is 0.643. The lowest BCUT2D eigenvalue weighted by Gasteiger charge is -2.32. The second-order valence-corrected chi connectivity index (χ2v) is 20.2. The molecule has 14 heteroatoms. The number of hydrogen-bond donors (Lipinski definition) is 1. The quantitative estimate of drug-likeness (QED) is 0.271. The van der Waals surface area contributed by atoms with E-state index in [1.54, 1.807) is 40.0 Å². The van der Waals surface area contributed by atoms with E-state index in [4.69, 9.17) is 18.9 Å². The van der Waals surface area contributed by atoms with Gasteiger partial charge in [0.15, 0.2) is 17.3 Å². The molecule has 13 nitrogen and oxygen atoms in total. The third-order valence-corrected chi connectivity index (χ3v) is 14.5. The molecule has 4 heterocycles. The molecule has 1 aromatic heterocycles. The molecule has 1 saturated heterocycles. The van der Waals surface area contributed by atoms with Crippen molar-refractivity contribution in [3.63, 3.8) is 0 Å². The number of allylic oxidation sites excluding steroid dienone is 2. The maximum absolute atomic E-state index is 14.9. The summed E-state index contributed by atoms with van der Waals surface area (Å²) < 4.78 is 51.8. The Kier molecular flexibility index (Phi) is 10.7. The molecule has 7 atom stereocenters. The number of aromatic nitrogens is 1. The Bertz CT molecular complexity index is 2040. The maximum Gasteiger partial charge on any atom is 0.307 e. The van der Waals surface area contributed by atoms with E-state index in [9.17, 15) is 27.6 Å². The Labute approximate surface area is 329 Å². The highest BCUT2D eigenvalue weighted by Gasteiger charge is 2.62. The molecule has 5 aliphatic rings. The summed E-state index contributed by atoms with van der Waals surface area (Å²) >= 11 is 0. The molecule has 2 amide bonds. The van der Waals surface area contributed by atoms with Gasteiger partial charge in [-0.25, -0.2) is 13.4 Å². The van der Waals surface area contributed by atoms with Gasteiger partial charge in [-0.1, -0.05) is 26.0 Å². The number of carbonyl (C=O) groups excluding carboxylic acids is 4. The summed E-state index contributed by atoms with van der Waals surface area (Å²) in [5, 5.41) is 1.43. The number of amides is 2. The van der Waals surface area contributed by atoms with Gasteiger partial charge in [0, 0.05) is 29.8 Å². The monoisotopic (exact) mass is 793 g/mol. The highest BCUT2D eigenvalue weighted by atomic mass is 32.2. The maximum atomic E-state index is 14.9. The Hall–Kier alpha value is -4.20. The Balaban J connectivity index is 1.22. The zero-order valence-electron chi connectivity index (χ0n) is 33.3. The topological polar surface area (TPSA) is 168 Å². The molecule has 2 aliphatic carbocycles. The van der Waals surface area contributed by atoms with Crippen LogP contribution in [0.4, 0.5) is 0 Å². The van der Waals surface area contributed by atoms with Crippen LogP contribution in [0, 0.1) is 29.1 Å². The lowest BCUT2D eigenvalue weighted by atomic mass is 9.82. The number of fused-ring (bicyclic) bond motifs is 5. The molecule has 3 aliphatic heterocycles. The first-order valence-electron chi connectivity index (χ1n) is 20.0. The zero-order chi connectivity index (χ0) is 40.2. The van der Waals surface area contributed by atoms with Crippen molar-refractivity contribution < 1.29 is 46.5 Å². The molecule has 3 fully saturated rings. The summed E-state index contributed by atoms with van der Waals surface area (Å²) in [6.07, 6.45) is 8.06. The number of hydrogen-bond acceptors (Lipinski definition) is 11. The second kappa shape index (κ2) is 14.9. The number of carbonyl (C=O) groups is 4. The minimum atomic E-state index is -3.96. The van der Waals surface area contributed by atoms with Crippen LogP contribution < -0.4 is 18.9 Å². The highest BCUT2D eigenvalue weighted by Crippen LogP contribution is 2.58. The van der Waals surface area contributed by atoms with Crippen molar-refractivity contribution in [3.05, 3.63) is 36.5 Å². The van der Waals surface area contributed by atoms with Crippen LogP contribution in [-0.2, 0) is 33.9 Å². The average molecular weight is 794 g/mol. The standard InChI is InChI=1S/C42H55N3O10S/c1-25-9-7-8-10-27-22-42(27,39(49)44-56(50,51)41(6)14-15-41)23-33(46)32-20-28(24-45(32)38(48)31(26(2)19-25)21-35(47)55-40(3,4)5)54-37-30-11-12-34-36(53-18-17-52-34)29(30)13-16-43-37/h8,10-13,16,25-28,31-32H,7,9,14-15,17-24H2,1-6H3,(H,44,49)/b10-8-/t25-,26-,27-,28-,31+,32+,42-/m1/s1. The minimum Gasteiger partial charge on any atom is -0.486 e. The molecule has 2 aromatic rings. The van der Waals surface area contributed by atoms with Gasteiger partial charge in [-0.2, -0.15) is 0 Å². The fourth-order valence-corrected chi connectivity index (χ4v) is 9.97. The van der Waals surface area contributed by atoms with Crippen molar-refractivity contribution in [2.75, 3.05) is 19.8 Å². The summed E-state index contributed by atoms with van der Waals surface area (Å²) in [6.45, 7) is 11.9. The first-order chi connectivity index (χ1) is 26.4. The molecule has 0 unspecified atom stereocenters. The lowest BCUT2D eigenvalue weighted by Crippen LogP contribution is -2.48. The molecule has 7 rings (SSSR count). The molecule has 56 heavy (non-hydrogen) atoms. The number of benzene rings is 1. The first kappa shape index (κ1) is 40.0. The summed E-state index contributed by atoms with van der Waals surface area (Å²) in [5.41, 5.74) is -2.03. The largest absolute Gasteiger partial charge is 0.486 e. The van der Waals surface area contributed by atoms with Crippen molar-refractivity contribution in [1.29, 1.82) is 0 Å². The predicted octanol–water partition coefficient (Wildman–Crippen LogP) is 5.68. The lowest BCUT2D eigenvalue weighted by molar-refractivity contribution is -0.160. The molecular weight excluding hydrogens is 739 g/mol. The van der Waals surface area contributed by atoms with Crippen molar-refractivity contribution in [2.45, 2.75) is 122 Å². The van der Waals surface area contributed by atoms with Gasteiger partial charge in [-0.15, -0.1) is 0 Å². The van der Waals surface area contributed by atoms with Crippen molar-refractivity contribution in [3.8, 4) is 17.4 Å². The molecule has 0 bridgehead atoms. The average Bonchev–Trinajstić information content (AvgIpc) is 4.01. The summed E-state index contributed by atoms with van der Waals surface area (Å²) in [6, 6.07) is 4.47. The van der Waals surface area contributed by atoms with E-state index in [-0.39, 0.29) is 55.3 Å². The number of esters is 1. The van der Waals surface area contributed by atoms with Crippen LogP contribution in [0.5, 0.6) is 17.4 Å². The van der Waals surface area contributed by atoms with Gasteiger partial charge in [-0.05, 0) is 102 Å². The normalized spacial score (nSPS) is 30.9. The molecular formula is C42H55N3O10S. The number of sulfonamides is 1. The zero-order valence-corrected chi connectivity index (χ0v) is 34.1. The fourth-order valence-electron chi connectivity index (χ4n) is 8.64. The Morgan fingerprint density at radius 1 is 1.05 bits per heavy atom. The van der Waals surface area contributed by atoms with Gasteiger partial charge >= 0.3 is 5.97 Å². The first-order valence-corrected chi connectivity index (χ1v) is 21.5. The van der Waals surface area contributed by atoms with E-state index in [0.717, 1.165) is 18.2 Å². The third kappa shape index (κ3) is 8.13.